The van der Waals surface area contributed by atoms with Gasteiger partial charge in [-0.25, -0.2) is 22.7 Å². The smallest absolute Gasteiger partial charge is 0.216 e. The summed E-state index contributed by atoms with van der Waals surface area (Å²) in [7, 11) is 0.163. The first-order valence-corrected chi connectivity index (χ1v) is 12.1. The number of sulfonamides is 1. The van der Waals surface area contributed by atoms with Crippen molar-refractivity contribution in [3.8, 4) is 11.5 Å². The summed E-state index contributed by atoms with van der Waals surface area (Å²) in [5.41, 5.74) is 0.919. The molecule has 8 nitrogen and oxygen atoms in total. The molecule has 3 fully saturated rings. The van der Waals surface area contributed by atoms with Crippen LogP contribution in [0.25, 0.3) is 10.9 Å². The lowest BCUT2D eigenvalue weighted by Gasteiger charge is -2.40. The number of methoxy groups -OCH3 is 2. The number of piperidine rings is 1. The van der Waals surface area contributed by atoms with Gasteiger partial charge in [0.2, 0.25) is 10.0 Å². The van der Waals surface area contributed by atoms with Crippen LogP contribution in [0, 0.1) is 5.41 Å². The number of fused-ring (bicyclic) bond motifs is 1. The molecule has 1 aliphatic carbocycles. The summed E-state index contributed by atoms with van der Waals surface area (Å²) in [6.45, 7) is 3.07. The highest BCUT2D eigenvalue weighted by Crippen LogP contribution is 2.45. The Balaban J connectivity index is 1.35. The Hall–Kier alpha value is -2.13. The number of hydrogen-bond acceptors (Lipinski definition) is 7. The first-order chi connectivity index (χ1) is 14.5. The lowest BCUT2D eigenvalue weighted by atomic mass is 9.78. The quantitative estimate of drug-likeness (QED) is 0.717. The maximum atomic E-state index is 12.6. The maximum Gasteiger partial charge on any atom is 0.216 e. The molecule has 3 aliphatic rings. The number of rotatable bonds is 5. The molecule has 2 aromatic rings. The van der Waals surface area contributed by atoms with Gasteiger partial charge in [0.1, 0.15) is 12.1 Å². The fraction of sp³-hybridized carbons (Fsp3) is 0.619. The SMILES string of the molecule is COc1cc2ncnc(N3CCC4(CC3)CCN(S(=O)(=O)C3CC3)C4)c2cc1OC. The van der Waals surface area contributed by atoms with E-state index in [9.17, 15) is 8.42 Å². The van der Waals surface area contributed by atoms with Gasteiger partial charge in [0.05, 0.1) is 25.0 Å². The van der Waals surface area contributed by atoms with E-state index in [-0.39, 0.29) is 10.7 Å². The predicted molar refractivity (Wildman–Crippen MR) is 115 cm³/mol. The lowest BCUT2D eigenvalue weighted by molar-refractivity contribution is 0.234. The number of anilines is 1. The first kappa shape index (κ1) is 19.8. The zero-order chi connectivity index (χ0) is 20.9. The Morgan fingerprint density at radius 3 is 2.33 bits per heavy atom. The van der Waals surface area contributed by atoms with Gasteiger partial charge < -0.3 is 14.4 Å². The van der Waals surface area contributed by atoms with E-state index in [1.807, 2.05) is 12.1 Å². The molecule has 5 rings (SSSR count). The van der Waals surface area contributed by atoms with Gasteiger partial charge in [-0.3, -0.25) is 0 Å². The molecule has 0 radical (unpaired) electrons. The van der Waals surface area contributed by atoms with Crippen LogP contribution < -0.4 is 14.4 Å². The van der Waals surface area contributed by atoms with Gasteiger partial charge in [-0.2, -0.15) is 0 Å². The molecule has 0 N–H and O–H groups in total. The molecule has 0 bridgehead atoms. The lowest BCUT2D eigenvalue weighted by Crippen LogP contribution is -2.43. The van der Waals surface area contributed by atoms with Crippen LogP contribution in [0.4, 0.5) is 5.82 Å². The first-order valence-electron chi connectivity index (χ1n) is 10.6. The van der Waals surface area contributed by atoms with E-state index in [2.05, 4.69) is 14.9 Å². The van der Waals surface area contributed by atoms with Crippen LogP contribution in [0.2, 0.25) is 0 Å². The number of benzene rings is 1. The van der Waals surface area contributed by atoms with Gasteiger partial charge in [-0.05, 0) is 43.6 Å². The van der Waals surface area contributed by atoms with Gasteiger partial charge in [-0.15, -0.1) is 0 Å². The van der Waals surface area contributed by atoms with Gasteiger partial charge in [-0.1, -0.05) is 0 Å². The third kappa shape index (κ3) is 3.28. The fourth-order valence-corrected chi connectivity index (χ4v) is 6.86. The van der Waals surface area contributed by atoms with Crippen LogP contribution in [0.1, 0.15) is 32.1 Å². The topological polar surface area (TPSA) is 84.9 Å². The van der Waals surface area contributed by atoms with Crippen LogP contribution >= 0.6 is 0 Å². The van der Waals surface area contributed by atoms with Gasteiger partial charge in [0.15, 0.2) is 11.5 Å². The molecule has 1 aromatic carbocycles. The van der Waals surface area contributed by atoms with Crippen LogP contribution in [-0.4, -0.2) is 68.3 Å². The van der Waals surface area contributed by atoms with Crippen molar-refractivity contribution in [3.05, 3.63) is 18.5 Å². The minimum absolute atomic E-state index is 0.0994. The Morgan fingerprint density at radius 1 is 1.00 bits per heavy atom. The minimum Gasteiger partial charge on any atom is -0.493 e. The average molecular weight is 433 g/mol. The van der Waals surface area contributed by atoms with Crippen LogP contribution in [0.5, 0.6) is 11.5 Å². The van der Waals surface area contributed by atoms with Crippen molar-refractivity contribution >= 4 is 26.7 Å². The van der Waals surface area contributed by atoms with Crippen LogP contribution in [0.15, 0.2) is 18.5 Å². The van der Waals surface area contributed by atoms with Crippen molar-refractivity contribution in [2.75, 3.05) is 45.3 Å². The molecule has 0 amide bonds. The second kappa shape index (κ2) is 7.23. The third-order valence-corrected chi connectivity index (χ3v) is 9.30. The number of ether oxygens (including phenoxy) is 2. The Kier molecular flexibility index (Phi) is 4.77. The van der Waals surface area contributed by atoms with E-state index in [1.165, 1.54) is 0 Å². The third-order valence-electron chi connectivity index (χ3n) is 6.95. The van der Waals surface area contributed by atoms with Crippen molar-refractivity contribution < 1.29 is 17.9 Å². The second-order valence-electron chi connectivity index (χ2n) is 8.74. The van der Waals surface area contributed by atoms with Gasteiger partial charge >= 0.3 is 0 Å². The largest absolute Gasteiger partial charge is 0.493 e. The number of nitrogens with zero attached hydrogens (tertiary/aromatic N) is 4. The molecule has 1 spiro atoms. The molecule has 0 atom stereocenters. The predicted octanol–water partition coefficient (Wildman–Crippen LogP) is 2.43. The molecular formula is C21H28N4O4S. The highest BCUT2D eigenvalue weighted by molar-refractivity contribution is 7.90. The summed E-state index contributed by atoms with van der Waals surface area (Å²) in [5, 5.41) is 0.822. The van der Waals surface area contributed by atoms with E-state index in [1.54, 1.807) is 24.9 Å². The van der Waals surface area contributed by atoms with E-state index in [0.717, 1.165) is 61.9 Å². The number of hydrogen-bond donors (Lipinski definition) is 0. The van der Waals surface area contributed by atoms with Gasteiger partial charge in [0.25, 0.3) is 0 Å². The monoisotopic (exact) mass is 432 g/mol. The molecule has 9 heteroatoms. The van der Waals surface area contributed by atoms with Gasteiger partial charge in [0, 0.05) is 37.6 Å². The van der Waals surface area contributed by atoms with Crippen molar-refractivity contribution in [2.45, 2.75) is 37.4 Å². The zero-order valence-electron chi connectivity index (χ0n) is 17.5. The highest BCUT2D eigenvalue weighted by Gasteiger charge is 2.48. The zero-order valence-corrected chi connectivity index (χ0v) is 18.3. The summed E-state index contributed by atoms with van der Waals surface area (Å²) in [4.78, 5) is 11.3. The Morgan fingerprint density at radius 2 is 1.67 bits per heavy atom. The summed E-state index contributed by atoms with van der Waals surface area (Å²) < 4.78 is 37.9. The summed E-state index contributed by atoms with van der Waals surface area (Å²) >= 11 is 0. The molecule has 0 unspecified atom stereocenters. The molecule has 2 saturated heterocycles. The highest BCUT2D eigenvalue weighted by atomic mass is 32.2. The molecule has 30 heavy (non-hydrogen) atoms. The van der Waals surface area contributed by atoms with Crippen LogP contribution in [-0.2, 0) is 10.0 Å². The van der Waals surface area contributed by atoms with Crippen molar-refractivity contribution in [1.82, 2.24) is 14.3 Å². The summed E-state index contributed by atoms with van der Waals surface area (Å²) in [6, 6.07) is 3.82. The summed E-state index contributed by atoms with van der Waals surface area (Å²) in [6.07, 6.45) is 6.16. The standard InChI is InChI=1S/C21H28N4O4S/c1-28-18-11-16-17(12-19(18)29-2)22-14-23-20(16)24-8-5-21(6-9-24)7-10-25(13-21)30(26,27)15-3-4-15/h11-12,14-15H,3-10,13H2,1-2H3. The molecular weight excluding hydrogens is 404 g/mol. The molecule has 1 aromatic heterocycles. The summed E-state index contributed by atoms with van der Waals surface area (Å²) in [5.74, 6) is 2.21. The van der Waals surface area contributed by atoms with Crippen molar-refractivity contribution in [2.24, 2.45) is 5.41 Å². The second-order valence-corrected chi connectivity index (χ2v) is 10.9. The maximum absolute atomic E-state index is 12.6. The van der Waals surface area contributed by atoms with Crippen molar-refractivity contribution in [1.29, 1.82) is 0 Å². The average Bonchev–Trinajstić information content (AvgIpc) is 3.55. The molecule has 162 valence electrons. The number of aromatic nitrogens is 2. The normalized spacial score (nSPS) is 22.0. The van der Waals surface area contributed by atoms with E-state index in [4.69, 9.17) is 9.47 Å². The van der Waals surface area contributed by atoms with E-state index < -0.39 is 10.0 Å². The van der Waals surface area contributed by atoms with E-state index in [0.29, 0.717) is 24.6 Å². The fourth-order valence-electron chi connectivity index (χ4n) is 4.91. The molecule has 3 heterocycles. The Labute approximate surface area is 177 Å². The van der Waals surface area contributed by atoms with E-state index >= 15 is 0 Å². The molecule has 2 aliphatic heterocycles. The van der Waals surface area contributed by atoms with Crippen molar-refractivity contribution in [3.63, 3.8) is 0 Å². The van der Waals surface area contributed by atoms with Crippen LogP contribution in [0.3, 0.4) is 0 Å². The molecule has 1 saturated carbocycles. The minimum atomic E-state index is -3.08. The Bertz CT molecular complexity index is 1060.